The first-order chi connectivity index (χ1) is 17.2. The number of nitrogens with one attached hydrogen (secondary N) is 3. The summed E-state index contributed by atoms with van der Waals surface area (Å²) in [7, 11) is 0. The zero-order chi connectivity index (χ0) is 25.7. The van der Waals surface area contributed by atoms with Crippen LogP contribution in [0.4, 0.5) is 23.7 Å². The third-order valence-corrected chi connectivity index (χ3v) is 5.62. The molecule has 0 radical (unpaired) electrons. The van der Waals surface area contributed by atoms with Gasteiger partial charge < -0.3 is 26.0 Å². The quantitative estimate of drug-likeness (QED) is 0.303. The lowest BCUT2D eigenvalue weighted by Crippen LogP contribution is -2.40. The molecule has 1 saturated heterocycles. The van der Waals surface area contributed by atoms with Gasteiger partial charge in [0.05, 0.1) is 30.9 Å². The van der Waals surface area contributed by atoms with Crippen LogP contribution in [0.15, 0.2) is 54.9 Å². The van der Waals surface area contributed by atoms with E-state index in [4.69, 9.17) is 15.9 Å². The molecular weight excluding hydrogens is 475 g/mol. The maximum atomic E-state index is 12.3. The number of nitrogens with two attached hydrogens (primary N) is 1. The molecule has 9 nitrogen and oxygen atoms in total. The Morgan fingerprint density at radius 1 is 1.22 bits per heavy atom. The van der Waals surface area contributed by atoms with Crippen LogP contribution in [0, 0.1) is 5.41 Å². The van der Waals surface area contributed by atoms with Crippen molar-refractivity contribution in [1.82, 2.24) is 19.6 Å². The molecule has 0 unspecified atom stereocenters. The van der Waals surface area contributed by atoms with Gasteiger partial charge in [0.25, 0.3) is 0 Å². The number of alkyl halides is 3. The van der Waals surface area contributed by atoms with Gasteiger partial charge in [-0.15, -0.1) is 0 Å². The van der Waals surface area contributed by atoms with Crippen LogP contribution in [-0.4, -0.2) is 65.2 Å². The monoisotopic (exact) mass is 501 g/mol. The third kappa shape index (κ3) is 6.33. The first kappa shape index (κ1) is 25.0. The Balaban J connectivity index is 1.46. The molecule has 0 saturated carbocycles. The number of amidine groups is 1. The highest BCUT2D eigenvalue weighted by Gasteiger charge is 2.27. The van der Waals surface area contributed by atoms with Gasteiger partial charge in [-0.05, 0) is 24.3 Å². The van der Waals surface area contributed by atoms with Gasteiger partial charge in [0.15, 0.2) is 0 Å². The second kappa shape index (κ2) is 10.7. The molecule has 1 fully saturated rings. The summed E-state index contributed by atoms with van der Waals surface area (Å²) >= 11 is 0. The highest BCUT2D eigenvalue weighted by Crippen LogP contribution is 2.25. The molecule has 36 heavy (non-hydrogen) atoms. The largest absolute Gasteiger partial charge is 0.405 e. The fourth-order valence-corrected chi connectivity index (χ4v) is 3.77. The van der Waals surface area contributed by atoms with Gasteiger partial charge in [-0.2, -0.15) is 13.2 Å². The number of ether oxygens (including phenoxy) is 1. The Labute approximate surface area is 205 Å². The van der Waals surface area contributed by atoms with Crippen LogP contribution in [0.3, 0.4) is 0 Å². The predicted molar refractivity (Wildman–Crippen MR) is 131 cm³/mol. The number of halogens is 3. The summed E-state index contributed by atoms with van der Waals surface area (Å²) in [4.78, 5) is 18.2. The summed E-state index contributed by atoms with van der Waals surface area (Å²) in [5.41, 5.74) is 10.0. The molecule has 2 aromatic heterocycles. The molecule has 0 aliphatic carbocycles. The van der Waals surface area contributed by atoms with E-state index in [0.717, 1.165) is 11.3 Å². The zero-order valence-electron chi connectivity index (χ0n) is 19.3. The smallest absolute Gasteiger partial charge is 0.398 e. The van der Waals surface area contributed by atoms with Crippen LogP contribution in [0.1, 0.15) is 12.0 Å². The van der Waals surface area contributed by atoms with Crippen LogP contribution in [0.25, 0.3) is 22.6 Å². The lowest BCUT2D eigenvalue weighted by Gasteiger charge is -2.28. The van der Waals surface area contributed by atoms with Crippen molar-refractivity contribution in [3.05, 3.63) is 60.4 Å². The average molecular weight is 502 g/mol. The Morgan fingerprint density at radius 2 is 2.00 bits per heavy atom. The molecule has 1 aliphatic rings. The number of imidazole rings is 1. The lowest BCUT2D eigenvalue weighted by molar-refractivity contribution is -0.122. The number of hydrogen-bond acceptors (Lipinski definition) is 5. The van der Waals surface area contributed by atoms with Crippen molar-refractivity contribution in [2.75, 3.05) is 38.2 Å². The standard InChI is InChI=1S/C24H26F3N7O2/c25-24(26,27)15-31-23(35)32-18-3-1-2-17(12-18)20-14-30-22-13-16(6-7-34(20)22)19(28)4-5-21(29)33-8-10-36-11-9-33/h1-4,6-7,12-14,29H,5,8-11,15,28H2,(H2,31,32,35)/b19-4-,29-21?. The number of amides is 2. The average Bonchev–Trinajstić information content (AvgIpc) is 3.29. The summed E-state index contributed by atoms with van der Waals surface area (Å²) in [5, 5.41) is 12.4. The highest BCUT2D eigenvalue weighted by atomic mass is 19.4. The van der Waals surface area contributed by atoms with E-state index < -0.39 is 18.8 Å². The normalized spacial score (nSPS) is 14.6. The highest BCUT2D eigenvalue weighted by molar-refractivity contribution is 5.90. The summed E-state index contributed by atoms with van der Waals surface area (Å²) in [5.74, 6) is 0.492. The molecule has 2 amide bonds. The minimum absolute atomic E-state index is 0.341. The summed E-state index contributed by atoms with van der Waals surface area (Å²) in [6, 6.07) is 9.45. The van der Waals surface area contributed by atoms with Crippen LogP contribution in [-0.2, 0) is 4.74 Å². The van der Waals surface area contributed by atoms with E-state index in [0.29, 0.717) is 61.2 Å². The minimum atomic E-state index is -4.49. The Hall–Kier alpha value is -4.06. The number of hydrogen-bond donors (Lipinski definition) is 4. The van der Waals surface area contributed by atoms with Gasteiger partial charge in [-0.25, -0.2) is 9.78 Å². The van der Waals surface area contributed by atoms with E-state index in [1.54, 1.807) is 29.7 Å². The summed E-state index contributed by atoms with van der Waals surface area (Å²) in [6.45, 7) is 1.21. The van der Waals surface area contributed by atoms with Gasteiger partial charge in [-0.3, -0.25) is 9.81 Å². The number of carbonyl (C=O) groups is 1. The van der Waals surface area contributed by atoms with Crippen molar-refractivity contribution in [3.8, 4) is 11.3 Å². The number of morpholine rings is 1. The molecule has 3 aromatic rings. The van der Waals surface area contributed by atoms with Crippen LogP contribution < -0.4 is 16.4 Å². The third-order valence-electron chi connectivity index (χ3n) is 5.62. The van der Waals surface area contributed by atoms with E-state index in [9.17, 15) is 18.0 Å². The van der Waals surface area contributed by atoms with E-state index in [-0.39, 0.29) is 0 Å². The van der Waals surface area contributed by atoms with Gasteiger partial charge in [-0.1, -0.05) is 18.2 Å². The van der Waals surface area contributed by atoms with Gasteiger partial charge in [0.2, 0.25) is 0 Å². The fourth-order valence-electron chi connectivity index (χ4n) is 3.77. The molecule has 3 heterocycles. The first-order valence-corrected chi connectivity index (χ1v) is 11.2. The molecule has 1 aromatic carbocycles. The second-order valence-electron chi connectivity index (χ2n) is 8.20. The molecule has 12 heteroatoms. The molecule has 0 atom stereocenters. The van der Waals surface area contributed by atoms with E-state index >= 15 is 0 Å². The van der Waals surface area contributed by atoms with Gasteiger partial charge >= 0.3 is 12.2 Å². The van der Waals surface area contributed by atoms with E-state index in [1.165, 1.54) is 0 Å². The molecule has 1 aliphatic heterocycles. The molecule has 5 N–H and O–H groups in total. The van der Waals surface area contributed by atoms with E-state index in [1.807, 2.05) is 39.8 Å². The number of nitrogens with zero attached hydrogens (tertiary/aromatic N) is 3. The minimum Gasteiger partial charge on any atom is -0.398 e. The van der Waals surface area contributed by atoms with E-state index in [2.05, 4.69) is 10.3 Å². The zero-order valence-corrected chi connectivity index (χ0v) is 19.3. The maximum absolute atomic E-state index is 12.3. The number of aromatic nitrogens is 2. The Morgan fingerprint density at radius 3 is 2.75 bits per heavy atom. The summed E-state index contributed by atoms with van der Waals surface area (Å²) in [6.07, 6.45) is 1.21. The van der Waals surface area contributed by atoms with Crippen molar-refractivity contribution in [3.63, 3.8) is 0 Å². The Bertz CT molecular complexity index is 1280. The molecule has 190 valence electrons. The van der Waals surface area contributed by atoms with Crippen molar-refractivity contribution in [1.29, 1.82) is 5.41 Å². The molecule has 0 spiro atoms. The molecular formula is C24H26F3N7O2. The number of anilines is 1. The maximum Gasteiger partial charge on any atom is 0.405 e. The predicted octanol–water partition coefficient (Wildman–Crippen LogP) is 3.68. The van der Waals surface area contributed by atoms with Crippen molar-refractivity contribution >= 4 is 28.9 Å². The topological polar surface area (TPSA) is 121 Å². The number of carbonyl (C=O) groups excluding carboxylic acids is 1. The summed E-state index contributed by atoms with van der Waals surface area (Å²) < 4.78 is 44.1. The van der Waals surface area contributed by atoms with Crippen molar-refractivity contribution < 1.29 is 22.7 Å². The number of benzene rings is 1. The SMILES string of the molecule is N=C(C/C=C(\N)c1ccn2c(-c3cccc(NC(=O)NCC(F)(F)F)c3)cnc2c1)N1CCOCC1. The Kier molecular flexibility index (Phi) is 7.44. The van der Waals surface area contributed by atoms with Crippen molar-refractivity contribution in [2.45, 2.75) is 12.6 Å². The lowest BCUT2D eigenvalue weighted by atomic mass is 10.1. The second-order valence-corrected chi connectivity index (χ2v) is 8.20. The van der Waals surface area contributed by atoms with Crippen LogP contribution >= 0.6 is 0 Å². The molecule has 4 rings (SSSR count). The van der Waals surface area contributed by atoms with Crippen LogP contribution in [0.5, 0.6) is 0 Å². The van der Waals surface area contributed by atoms with Gasteiger partial charge in [0, 0.05) is 48.2 Å². The van der Waals surface area contributed by atoms with Gasteiger partial charge in [0.1, 0.15) is 12.2 Å². The fraction of sp³-hybridized carbons (Fsp3) is 0.292. The number of urea groups is 1. The van der Waals surface area contributed by atoms with Crippen molar-refractivity contribution in [2.24, 2.45) is 5.73 Å². The molecule has 0 bridgehead atoms. The number of pyridine rings is 1. The first-order valence-electron chi connectivity index (χ1n) is 11.2. The number of rotatable bonds is 6. The number of fused-ring (bicyclic) bond motifs is 1. The van der Waals surface area contributed by atoms with Crippen LogP contribution in [0.2, 0.25) is 0 Å².